The summed E-state index contributed by atoms with van der Waals surface area (Å²) < 4.78 is 51.8. The third kappa shape index (κ3) is 5.59. The number of unbranched alkanes of at least 4 members (excludes halogenated alkanes) is 1. The fourth-order valence-electron chi connectivity index (χ4n) is 3.06. The molecule has 0 aromatic heterocycles. The average molecular weight is 389 g/mol. The third-order valence-electron chi connectivity index (χ3n) is 4.26. The number of halogens is 3. The zero-order chi connectivity index (χ0) is 20.2. The predicted octanol–water partition coefficient (Wildman–Crippen LogP) is 3.94. The van der Waals surface area contributed by atoms with Crippen molar-refractivity contribution in [3.05, 3.63) is 35.1 Å². The van der Waals surface area contributed by atoms with E-state index >= 15 is 0 Å². The van der Waals surface area contributed by atoms with Gasteiger partial charge < -0.3 is 14.6 Å². The number of carbonyl (C=O) groups excluding carboxylic acids is 1. The predicted molar refractivity (Wildman–Crippen MR) is 92.7 cm³/mol. The highest BCUT2D eigenvalue weighted by atomic mass is 19.2. The number of nitrogens with zero attached hydrogens (tertiary/aromatic N) is 1. The van der Waals surface area contributed by atoms with E-state index in [9.17, 15) is 18.0 Å². The molecule has 1 aromatic carbocycles. The van der Waals surface area contributed by atoms with Crippen LogP contribution in [0.1, 0.15) is 51.6 Å². The van der Waals surface area contributed by atoms with Crippen LogP contribution in [0, 0.1) is 17.5 Å². The molecule has 0 aliphatic carbocycles. The van der Waals surface area contributed by atoms with Gasteiger partial charge in [-0.15, -0.1) is 0 Å². The molecule has 0 spiro atoms. The molecule has 0 radical (unpaired) electrons. The summed E-state index contributed by atoms with van der Waals surface area (Å²) in [6, 6.07) is 0.554. The molecule has 2 rings (SSSR count). The molecule has 1 aliphatic rings. The first-order chi connectivity index (χ1) is 12.6. The van der Waals surface area contributed by atoms with Gasteiger partial charge in [0.15, 0.2) is 17.5 Å². The van der Waals surface area contributed by atoms with Gasteiger partial charge in [-0.05, 0) is 57.7 Å². The van der Waals surface area contributed by atoms with Gasteiger partial charge in [0.25, 0.3) is 0 Å². The molecule has 1 aromatic rings. The van der Waals surface area contributed by atoms with Gasteiger partial charge in [-0.2, -0.15) is 0 Å². The van der Waals surface area contributed by atoms with E-state index in [1.807, 2.05) is 0 Å². The summed E-state index contributed by atoms with van der Waals surface area (Å²) in [4.78, 5) is 14.2. The van der Waals surface area contributed by atoms with E-state index in [2.05, 4.69) is 0 Å². The largest absolute Gasteiger partial charge is 0.444 e. The molecule has 1 fully saturated rings. The molecule has 1 amide bonds. The lowest BCUT2D eigenvalue weighted by atomic mass is 9.99. The lowest BCUT2D eigenvalue weighted by Crippen LogP contribution is -2.52. The van der Waals surface area contributed by atoms with Crippen LogP contribution >= 0.6 is 0 Å². The minimum absolute atomic E-state index is 0.0141. The van der Waals surface area contributed by atoms with Gasteiger partial charge in [-0.1, -0.05) is 0 Å². The van der Waals surface area contributed by atoms with Crippen molar-refractivity contribution < 1.29 is 32.5 Å². The second-order valence-corrected chi connectivity index (χ2v) is 7.61. The van der Waals surface area contributed by atoms with E-state index in [1.165, 1.54) is 4.90 Å². The van der Waals surface area contributed by atoms with Gasteiger partial charge in [0.1, 0.15) is 5.60 Å². The number of rotatable bonds is 5. The number of aliphatic hydroxyl groups excluding tert-OH is 1. The minimum atomic E-state index is -1.56. The zero-order valence-corrected chi connectivity index (χ0v) is 15.8. The smallest absolute Gasteiger partial charge is 0.411 e. The molecule has 5 nitrogen and oxygen atoms in total. The van der Waals surface area contributed by atoms with E-state index in [1.54, 1.807) is 20.8 Å². The van der Waals surface area contributed by atoms with Gasteiger partial charge in [-0.25, -0.2) is 18.0 Å². The monoisotopic (exact) mass is 389 g/mol. The van der Waals surface area contributed by atoms with Gasteiger partial charge in [0.2, 0.25) is 0 Å². The van der Waals surface area contributed by atoms with E-state index in [0.29, 0.717) is 19.3 Å². The first-order valence-electron chi connectivity index (χ1n) is 8.98. The lowest BCUT2D eigenvalue weighted by Gasteiger charge is -2.42. The lowest BCUT2D eigenvalue weighted by molar-refractivity contribution is -0.0644. The first kappa shape index (κ1) is 21.5. The SMILES string of the molecule is CC(C)(C)OC(=O)N1C(CCCCO)COC[C@@H]1c1cc(F)c(F)c(F)c1. The average Bonchev–Trinajstić information content (AvgIpc) is 2.57. The van der Waals surface area contributed by atoms with Crippen LogP contribution in [-0.4, -0.2) is 47.6 Å². The third-order valence-corrected chi connectivity index (χ3v) is 4.26. The number of benzene rings is 1. The van der Waals surface area contributed by atoms with Crippen molar-refractivity contribution in [2.75, 3.05) is 19.8 Å². The Morgan fingerprint density at radius 1 is 1.22 bits per heavy atom. The highest BCUT2D eigenvalue weighted by molar-refractivity contribution is 5.69. The quantitative estimate of drug-likeness (QED) is 0.612. The van der Waals surface area contributed by atoms with Crippen LogP contribution < -0.4 is 0 Å². The Labute approximate surface area is 157 Å². The van der Waals surface area contributed by atoms with Crippen molar-refractivity contribution in [1.82, 2.24) is 4.90 Å². The van der Waals surface area contributed by atoms with Crippen molar-refractivity contribution in [3.8, 4) is 0 Å². The summed E-state index contributed by atoms with van der Waals surface area (Å²) in [6.07, 6.45) is 1.10. The number of amides is 1. The Hall–Kier alpha value is -1.80. The molecule has 1 aliphatic heterocycles. The maximum absolute atomic E-state index is 13.7. The normalized spacial score (nSPS) is 20.6. The maximum atomic E-state index is 13.7. The molecule has 8 heteroatoms. The van der Waals surface area contributed by atoms with Crippen LogP contribution in [0.15, 0.2) is 12.1 Å². The summed E-state index contributed by atoms with van der Waals surface area (Å²) in [5.74, 6) is -4.20. The fraction of sp³-hybridized carbons (Fsp3) is 0.632. The fourth-order valence-corrected chi connectivity index (χ4v) is 3.06. The summed E-state index contributed by atoms with van der Waals surface area (Å²) in [6.45, 7) is 5.44. The summed E-state index contributed by atoms with van der Waals surface area (Å²) >= 11 is 0. The van der Waals surface area contributed by atoms with Crippen molar-refractivity contribution >= 4 is 6.09 Å². The number of carbonyl (C=O) groups is 1. The molecule has 1 unspecified atom stereocenters. The molecule has 1 heterocycles. The Morgan fingerprint density at radius 2 is 1.85 bits per heavy atom. The number of morpholine rings is 1. The van der Waals surface area contributed by atoms with E-state index in [0.717, 1.165) is 12.1 Å². The zero-order valence-electron chi connectivity index (χ0n) is 15.8. The Kier molecular flexibility index (Phi) is 7.11. The molecular formula is C19H26F3NO4. The van der Waals surface area contributed by atoms with Gasteiger partial charge in [0.05, 0.1) is 25.3 Å². The Bertz CT molecular complexity index is 640. The van der Waals surface area contributed by atoms with E-state index in [4.69, 9.17) is 14.6 Å². The Morgan fingerprint density at radius 3 is 2.41 bits per heavy atom. The maximum Gasteiger partial charge on any atom is 0.411 e. The highest BCUT2D eigenvalue weighted by Crippen LogP contribution is 2.32. The topological polar surface area (TPSA) is 59.0 Å². The molecule has 1 saturated heterocycles. The van der Waals surface area contributed by atoms with Crippen LogP contribution in [0.25, 0.3) is 0 Å². The highest BCUT2D eigenvalue weighted by Gasteiger charge is 2.38. The number of aliphatic hydroxyl groups is 1. The summed E-state index contributed by atoms with van der Waals surface area (Å²) in [5.41, 5.74) is -0.654. The van der Waals surface area contributed by atoms with Crippen LogP contribution in [0.4, 0.5) is 18.0 Å². The molecular weight excluding hydrogens is 363 g/mol. The van der Waals surface area contributed by atoms with Crippen molar-refractivity contribution in [2.24, 2.45) is 0 Å². The number of hydrogen-bond acceptors (Lipinski definition) is 4. The van der Waals surface area contributed by atoms with Crippen LogP contribution in [0.2, 0.25) is 0 Å². The van der Waals surface area contributed by atoms with Crippen molar-refractivity contribution in [1.29, 1.82) is 0 Å². The van der Waals surface area contributed by atoms with E-state index in [-0.39, 0.29) is 31.4 Å². The van der Waals surface area contributed by atoms with Crippen LogP contribution in [-0.2, 0) is 9.47 Å². The van der Waals surface area contributed by atoms with Crippen LogP contribution in [0.3, 0.4) is 0 Å². The molecule has 0 saturated carbocycles. The van der Waals surface area contributed by atoms with Gasteiger partial charge in [-0.3, -0.25) is 4.90 Å². The number of ether oxygens (including phenoxy) is 2. The molecule has 1 N–H and O–H groups in total. The minimum Gasteiger partial charge on any atom is -0.444 e. The summed E-state index contributed by atoms with van der Waals surface area (Å²) in [5, 5.41) is 8.99. The molecule has 2 atom stereocenters. The van der Waals surface area contributed by atoms with Gasteiger partial charge >= 0.3 is 6.09 Å². The molecule has 0 bridgehead atoms. The van der Waals surface area contributed by atoms with E-state index < -0.39 is 35.2 Å². The first-order valence-corrected chi connectivity index (χ1v) is 8.98. The van der Waals surface area contributed by atoms with Crippen LogP contribution in [0.5, 0.6) is 0 Å². The molecule has 27 heavy (non-hydrogen) atoms. The van der Waals surface area contributed by atoms with Gasteiger partial charge in [0, 0.05) is 6.61 Å². The molecule has 152 valence electrons. The second kappa shape index (κ2) is 8.93. The van der Waals surface area contributed by atoms with Crippen molar-refractivity contribution in [2.45, 2.75) is 57.7 Å². The Balaban J connectivity index is 2.35. The second-order valence-electron chi connectivity index (χ2n) is 7.61. The number of hydrogen-bond donors (Lipinski definition) is 1. The van der Waals surface area contributed by atoms with Crippen molar-refractivity contribution in [3.63, 3.8) is 0 Å². The summed E-state index contributed by atoms with van der Waals surface area (Å²) in [7, 11) is 0. The standard InChI is InChI=1S/C19H26F3NO4/c1-19(2,3)27-18(25)23-13(6-4-5-7-24)10-26-11-16(23)12-8-14(20)17(22)15(21)9-12/h8-9,13,16,24H,4-7,10-11H2,1-3H3/t13?,16-/m1/s1.